The third-order valence-corrected chi connectivity index (χ3v) is 4.22. The van der Waals surface area contributed by atoms with Gasteiger partial charge in [0.15, 0.2) is 11.6 Å². The first-order valence-electron chi connectivity index (χ1n) is 9.36. The summed E-state index contributed by atoms with van der Waals surface area (Å²) in [5.41, 5.74) is 0.870. The molecule has 0 aliphatic heterocycles. The summed E-state index contributed by atoms with van der Waals surface area (Å²) in [5, 5.41) is 17.8. The molecule has 8 nitrogen and oxygen atoms in total. The first-order valence-corrected chi connectivity index (χ1v) is 9.36. The summed E-state index contributed by atoms with van der Waals surface area (Å²) in [6.07, 6.45) is 5.76. The maximum absolute atomic E-state index is 11.6. The molecule has 0 radical (unpaired) electrons. The van der Waals surface area contributed by atoms with Crippen LogP contribution in [0.1, 0.15) is 32.0 Å². The molecule has 0 atom stereocenters. The number of aliphatic imine (C=N–C) groups is 1. The van der Waals surface area contributed by atoms with Gasteiger partial charge >= 0.3 is 0 Å². The van der Waals surface area contributed by atoms with E-state index in [2.05, 4.69) is 31.1 Å². The van der Waals surface area contributed by atoms with Gasteiger partial charge in [-0.15, -0.1) is 10.2 Å². The van der Waals surface area contributed by atoms with Gasteiger partial charge in [0.1, 0.15) is 5.82 Å². The molecule has 2 aromatic rings. The van der Waals surface area contributed by atoms with E-state index in [9.17, 15) is 4.79 Å². The third kappa shape index (κ3) is 5.18. The number of amides is 1. The molecule has 0 spiro atoms. The van der Waals surface area contributed by atoms with Crippen LogP contribution in [-0.2, 0) is 11.2 Å². The highest BCUT2D eigenvalue weighted by atomic mass is 16.2. The first-order chi connectivity index (χ1) is 12.8. The number of aryl methyl sites for hydroxylation is 1. The molecule has 0 aromatic carbocycles. The number of nitrogens with one attached hydrogen (secondary N) is 3. The molecule has 26 heavy (non-hydrogen) atoms. The largest absolute Gasteiger partial charge is 0.357 e. The van der Waals surface area contributed by atoms with Crippen LogP contribution >= 0.6 is 0 Å². The second-order valence-electron chi connectivity index (χ2n) is 6.40. The van der Waals surface area contributed by atoms with Gasteiger partial charge in [-0.05, 0) is 38.3 Å². The fraction of sp³-hybridized carbons (Fsp3) is 0.556. The minimum Gasteiger partial charge on any atom is -0.357 e. The number of fused-ring (bicyclic) bond motifs is 1. The number of carbonyl (C=O) groups is 1. The average Bonchev–Trinajstić information content (AvgIpc) is 3.43. The Kier molecular flexibility index (Phi) is 6.40. The van der Waals surface area contributed by atoms with Crippen molar-refractivity contribution in [2.45, 2.75) is 32.6 Å². The van der Waals surface area contributed by atoms with Gasteiger partial charge in [-0.25, -0.2) is 0 Å². The zero-order valence-corrected chi connectivity index (χ0v) is 15.2. The molecule has 140 valence electrons. The lowest BCUT2D eigenvalue weighted by atomic mass is 10.3. The lowest BCUT2D eigenvalue weighted by Gasteiger charge is -2.11. The van der Waals surface area contributed by atoms with Gasteiger partial charge in [-0.3, -0.25) is 14.2 Å². The Bertz CT molecular complexity index is 751. The number of pyridine rings is 1. The van der Waals surface area contributed by atoms with Crippen molar-refractivity contribution in [2.24, 2.45) is 10.9 Å². The fourth-order valence-corrected chi connectivity index (χ4v) is 2.69. The summed E-state index contributed by atoms with van der Waals surface area (Å²) in [6, 6.07) is 5.89. The maximum Gasteiger partial charge on any atom is 0.223 e. The quantitative estimate of drug-likeness (QED) is 0.350. The van der Waals surface area contributed by atoms with Crippen LogP contribution in [-0.4, -0.2) is 52.6 Å². The summed E-state index contributed by atoms with van der Waals surface area (Å²) in [4.78, 5) is 16.2. The molecule has 1 fully saturated rings. The van der Waals surface area contributed by atoms with Gasteiger partial charge in [0, 0.05) is 44.7 Å². The number of hydrogen-bond donors (Lipinski definition) is 3. The van der Waals surface area contributed by atoms with Crippen molar-refractivity contribution in [3.05, 3.63) is 30.2 Å². The SMILES string of the molecule is CCNC(=NCCCc1nnc2ccccn12)NCCNC(=O)C1CC1. The van der Waals surface area contributed by atoms with Gasteiger partial charge < -0.3 is 16.0 Å². The van der Waals surface area contributed by atoms with E-state index in [1.54, 1.807) is 0 Å². The van der Waals surface area contributed by atoms with Crippen molar-refractivity contribution >= 4 is 17.5 Å². The minimum absolute atomic E-state index is 0.175. The molecule has 1 amide bonds. The second kappa shape index (κ2) is 9.17. The zero-order valence-electron chi connectivity index (χ0n) is 15.2. The van der Waals surface area contributed by atoms with Gasteiger partial charge in [0.05, 0.1) is 0 Å². The Labute approximate surface area is 153 Å². The highest BCUT2D eigenvalue weighted by molar-refractivity contribution is 5.81. The summed E-state index contributed by atoms with van der Waals surface area (Å²) in [7, 11) is 0. The van der Waals surface area contributed by atoms with Crippen molar-refractivity contribution in [3.8, 4) is 0 Å². The van der Waals surface area contributed by atoms with Crippen LogP contribution in [0.4, 0.5) is 0 Å². The van der Waals surface area contributed by atoms with Crippen LogP contribution in [0.5, 0.6) is 0 Å². The number of carbonyl (C=O) groups excluding carboxylic acids is 1. The molecule has 0 saturated heterocycles. The third-order valence-electron chi connectivity index (χ3n) is 4.22. The van der Waals surface area contributed by atoms with E-state index in [1.807, 2.05) is 35.7 Å². The molecule has 1 aliphatic carbocycles. The van der Waals surface area contributed by atoms with Gasteiger partial charge in [0.25, 0.3) is 0 Å². The van der Waals surface area contributed by atoms with Crippen LogP contribution in [0.3, 0.4) is 0 Å². The van der Waals surface area contributed by atoms with E-state index in [0.29, 0.717) is 19.6 Å². The van der Waals surface area contributed by atoms with Crippen molar-refractivity contribution in [2.75, 3.05) is 26.2 Å². The van der Waals surface area contributed by atoms with E-state index < -0.39 is 0 Å². The molecular weight excluding hydrogens is 330 g/mol. The molecule has 2 heterocycles. The van der Waals surface area contributed by atoms with Crippen LogP contribution in [0, 0.1) is 5.92 Å². The molecule has 3 rings (SSSR count). The lowest BCUT2D eigenvalue weighted by Crippen LogP contribution is -2.41. The van der Waals surface area contributed by atoms with E-state index in [1.165, 1.54) is 0 Å². The smallest absolute Gasteiger partial charge is 0.223 e. The van der Waals surface area contributed by atoms with Crippen LogP contribution in [0.15, 0.2) is 29.4 Å². The van der Waals surface area contributed by atoms with Crippen LogP contribution in [0.25, 0.3) is 5.65 Å². The number of rotatable bonds is 9. The number of aromatic nitrogens is 3. The lowest BCUT2D eigenvalue weighted by molar-refractivity contribution is -0.122. The maximum atomic E-state index is 11.6. The van der Waals surface area contributed by atoms with E-state index in [4.69, 9.17) is 0 Å². The van der Waals surface area contributed by atoms with E-state index in [-0.39, 0.29) is 11.8 Å². The second-order valence-corrected chi connectivity index (χ2v) is 6.40. The van der Waals surface area contributed by atoms with E-state index in [0.717, 1.165) is 49.7 Å². The highest BCUT2D eigenvalue weighted by Gasteiger charge is 2.28. The Morgan fingerprint density at radius 2 is 2.08 bits per heavy atom. The Hall–Kier alpha value is -2.64. The Balaban J connectivity index is 1.39. The summed E-state index contributed by atoms with van der Waals surface area (Å²) in [5.74, 6) is 2.16. The molecule has 3 N–H and O–H groups in total. The Morgan fingerprint density at radius 3 is 2.88 bits per heavy atom. The van der Waals surface area contributed by atoms with Crippen LogP contribution in [0.2, 0.25) is 0 Å². The minimum atomic E-state index is 0.175. The van der Waals surface area contributed by atoms with Gasteiger partial charge in [-0.1, -0.05) is 6.07 Å². The predicted octanol–water partition coefficient (Wildman–Crippen LogP) is 0.743. The predicted molar refractivity (Wildman–Crippen MR) is 101 cm³/mol. The monoisotopic (exact) mass is 357 g/mol. The number of nitrogens with zero attached hydrogens (tertiary/aromatic N) is 4. The topological polar surface area (TPSA) is 95.7 Å². The standard InChI is InChI=1S/C18H27N7O/c1-2-19-18(22-12-11-20-17(26)14-8-9-14)21-10-5-7-16-24-23-15-6-3-4-13-25(15)16/h3-4,6,13-14H,2,5,7-12H2,1H3,(H,20,26)(H2,19,21,22). The molecule has 0 unspecified atom stereocenters. The fourth-order valence-electron chi connectivity index (χ4n) is 2.69. The summed E-state index contributed by atoms with van der Waals surface area (Å²) in [6.45, 7) is 4.82. The van der Waals surface area contributed by atoms with Crippen molar-refractivity contribution in [1.29, 1.82) is 0 Å². The highest BCUT2D eigenvalue weighted by Crippen LogP contribution is 2.28. The molecule has 1 saturated carbocycles. The average molecular weight is 357 g/mol. The number of hydrogen-bond acceptors (Lipinski definition) is 4. The number of guanidine groups is 1. The first kappa shape index (κ1) is 18.2. The molecule has 0 bridgehead atoms. The van der Waals surface area contributed by atoms with Gasteiger partial charge in [-0.2, -0.15) is 0 Å². The van der Waals surface area contributed by atoms with E-state index >= 15 is 0 Å². The molecule has 2 aromatic heterocycles. The molecule has 8 heteroatoms. The summed E-state index contributed by atoms with van der Waals surface area (Å²) >= 11 is 0. The van der Waals surface area contributed by atoms with Crippen molar-refractivity contribution in [1.82, 2.24) is 30.5 Å². The molecular formula is C18H27N7O. The van der Waals surface area contributed by atoms with Crippen molar-refractivity contribution in [3.63, 3.8) is 0 Å². The molecule has 1 aliphatic rings. The zero-order chi connectivity index (χ0) is 18.2. The summed E-state index contributed by atoms with van der Waals surface area (Å²) < 4.78 is 2.01. The van der Waals surface area contributed by atoms with Crippen LogP contribution < -0.4 is 16.0 Å². The Morgan fingerprint density at radius 1 is 1.23 bits per heavy atom. The normalized spacial score (nSPS) is 14.4. The van der Waals surface area contributed by atoms with Gasteiger partial charge in [0.2, 0.25) is 5.91 Å². The van der Waals surface area contributed by atoms with Crippen molar-refractivity contribution < 1.29 is 4.79 Å².